The molecule has 0 amide bonds. The average Bonchev–Trinajstić information content (AvgIpc) is 2.46. The van der Waals surface area contributed by atoms with Gasteiger partial charge in [-0.05, 0) is 17.7 Å². The molecule has 1 aromatic heterocycles. The summed E-state index contributed by atoms with van der Waals surface area (Å²) in [6.07, 6.45) is 6.39. The minimum atomic E-state index is -0.454. The lowest BCUT2D eigenvalue weighted by Crippen LogP contribution is -2.21. The number of dihydropyridines is 1. The van der Waals surface area contributed by atoms with E-state index < -0.39 is 11.9 Å². The van der Waals surface area contributed by atoms with Gasteiger partial charge in [0.2, 0.25) is 0 Å². The number of methoxy groups -OCH3 is 1. The Kier molecular flexibility index (Phi) is 3.39. The van der Waals surface area contributed by atoms with E-state index in [0.29, 0.717) is 11.1 Å². The lowest BCUT2D eigenvalue weighted by Gasteiger charge is -2.21. The standard InChI is InChI=1S/C13H11N3O2/c1-18-13(17)11-8-16-7-10(6-14)12(11)9-2-4-15-5-3-9/h2-5,7-8,12,16H,1H3. The second-order valence-corrected chi connectivity index (χ2v) is 3.68. The number of allylic oxidation sites excluding steroid dienone is 1. The normalized spacial score (nSPS) is 17.9. The zero-order valence-corrected chi connectivity index (χ0v) is 9.75. The van der Waals surface area contributed by atoms with Crippen molar-refractivity contribution in [3.63, 3.8) is 0 Å². The molecule has 0 bridgehead atoms. The number of pyridine rings is 1. The van der Waals surface area contributed by atoms with Crippen LogP contribution in [0.1, 0.15) is 11.5 Å². The third-order valence-electron chi connectivity index (χ3n) is 2.69. The van der Waals surface area contributed by atoms with Gasteiger partial charge in [-0.2, -0.15) is 5.26 Å². The Morgan fingerprint density at radius 3 is 2.78 bits per heavy atom. The largest absolute Gasteiger partial charge is 0.466 e. The molecule has 0 saturated carbocycles. The maximum absolute atomic E-state index is 11.7. The summed E-state index contributed by atoms with van der Waals surface area (Å²) in [5.74, 6) is -0.864. The molecule has 1 atom stereocenters. The predicted octanol–water partition coefficient (Wildman–Crippen LogP) is 1.23. The van der Waals surface area contributed by atoms with Gasteiger partial charge in [0.25, 0.3) is 0 Å². The van der Waals surface area contributed by atoms with Gasteiger partial charge in [-0.1, -0.05) is 0 Å². The SMILES string of the molecule is COC(=O)C1=CNC=C(C#N)C1c1ccncc1. The molecule has 0 radical (unpaired) electrons. The van der Waals surface area contributed by atoms with Crippen LogP contribution >= 0.6 is 0 Å². The number of aromatic nitrogens is 1. The summed E-state index contributed by atoms with van der Waals surface area (Å²) in [4.78, 5) is 15.7. The van der Waals surface area contributed by atoms with Crippen molar-refractivity contribution in [2.24, 2.45) is 0 Å². The Morgan fingerprint density at radius 2 is 2.17 bits per heavy atom. The van der Waals surface area contributed by atoms with Crippen LogP contribution in [-0.4, -0.2) is 18.1 Å². The van der Waals surface area contributed by atoms with Gasteiger partial charge < -0.3 is 10.1 Å². The number of nitrogens with one attached hydrogen (secondary N) is 1. The Morgan fingerprint density at radius 1 is 1.44 bits per heavy atom. The molecule has 18 heavy (non-hydrogen) atoms. The zero-order valence-electron chi connectivity index (χ0n) is 9.75. The van der Waals surface area contributed by atoms with Crippen molar-refractivity contribution < 1.29 is 9.53 Å². The fourth-order valence-corrected chi connectivity index (χ4v) is 1.86. The van der Waals surface area contributed by atoms with Gasteiger partial charge in [0, 0.05) is 24.8 Å². The van der Waals surface area contributed by atoms with Gasteiger partial charge in [-0.25, -0.2) is 4.79 Å². The van der Waals surface area contributed by atoms with Crippen LogP contribution in [-0.2, 0) is 9.53 Å². The smallest absolute Gasteiger partial charge is 0.336 e. The van der Waals surface area contributed by atoms with E-state index in [4.69, 9.17) is 10.00 Å². The Labute approximate surface area is 104 Å². The maximum atomic E-state index is 11.7. The van der Waals surface area contributed by atoms with Crippen LogP contribution in [0.5, 0.6) is 0 Å². The summed E-state index contributed by atoms with van der Waals surface area (Å²) in [5, 5.41) is 11.9. The molecule has 5 nitrogen and oxygen atoms in total. The fourth-order valence-electron chi connectivity index (χ4n) is 1.86. The molecule has 1 N–H and O–H groups in total. The first-order valence-electron chi connectivity index (χ1n) is 5.32. The molecule has 0 saturated heterocycles. The van der Waals surface area contributed by atoms with Crippen LogP contribution in [0.15, 0.2) is 48.1 Å². The van der Waals surface area contributed by atoms with Crippen molar-refractivity contribution in [2.45, 2.75) is 5.92 Å². The third kappa shape index (κ3) is 2.09. The molecule has 1 unspecified atom stereocenters. The molecular formula is C13H11N3O2. The fraction of sp³-hybridized carbons (Fsp3) is 0.154. The predicted molar refractivity (Wildman–Crippen MR) is 63.9 cm³/mol. The first-order valence-corrected chi connectivity index (χ1v) is 5.32. The second kappa shape index (κ2) is 5.15. The number of esters is 1. The summed E-state index contributed by atoms with van der Waals surface area (Å²) < 4.78 is 4.73. The number of ether oxygens (including phenoxy) is 1. The molecule has 2 heterocycles. The van der Waals surface area contributed by atoms with Gasteiger partial charge in [0.1, 0.15) is 0 Å². The molecule has 5 heteroatoms. The van der Waals surface area contributed by atoms with Crippen molar-refractivity contribution in [3.05, 3.63) is 53.6 Å². The summed E-state index contributed by atoms with van der Waals surface area (Å²) in [7, 11) is 1.32. The molecule has 90 valence electrons. The highest BCUT2D eigenvalue weighted by atomic mass is 16.5. The van der Waals surface area contributed by atoms with Crippen LogP contribution in [0.2, 0.25) is 0 Å². The number of carbonyl (C=O) groups excluding carboxylic acids is 1. The molecule has 2 rings (SSSR count). The highest BCUT2D eigenvalue weighted by Gasteiger charge is 2.29. The van der Waals surface area contributed by atoms with Crippen molar-refractivity contribution in [1.82, 2.24) is 10.3 Å². The monoisotopic (exact) mass is 241 g/mol. The van der Waals surface area contributed by atoms with E-state index in [1.807, 2.05) is 0 Å². The van der Waals surface area contributed by atoms with Crippen molar-refractivity contribution in [2.75, 3.05) is 7.11 Å². The lowest BCUT2D eigenvalue weighted by atomic mass is 9.85. The van der Waals surface area contributed by atoms with Gasteiger partial charge in [-0.15, -0.1) is 0 Å². The van der Waals surface area contributed by atoms with E-state index in [0.717, 1.165) is 5.56 Å². The number of hydrogen-bond donors (Lipinski definition) is 1. The number of rotatable bonds is 2. The second-order valence-electron chi connectivity index (χ2n) is 3.68. The number of hydrogen-bond acceptors (Lipinski definition) is 5. The molecule has 0 aromatic carbocycles. The first kappa shape index (κ1) is 11.9. The first-order chi connectivity index (χ1) is 8.77. The summed E-state index contributed by atoms with van der Waals surface area (Å²) in [6.45, 7) is 0. The van der Waals surface area contributed by atoms with E-state index in [2.05, 4.69) is 16.4 Å². The van der Waals surface area contributed by atoms with E-state index in [9.17, 15) is 4.79 Å². The average molecular weight is 241 g/mol. The molecular weight excluding hydrogens is 230 g/mol. The van der Waals surface area contributed by atoms with Gasteiger partial charge in [0.15, 0.2) is 0 Å². The lowest BCUT2D eigenvalue weighted by molar-refractivity contribution is -0.136. The van der Waals surface area contributed by atoms with E-state index in [1.54, 1.807) is 36.9 Å². The number of nitriles is 1. The molecule has 0 spiro atoms. The van der Waals surface area contributed by atoms with Crippen LogP contribution in [0.25, 0.3) is 0 Å². The van der Waals surface area contributed by atoms with E-state index >= 15 is 0 Å². The Balaban J connectivity index is 2.46. The van der Waals surface area contributed by atoms with Gasteiger partial charge >= 0.3 is 5.97 Å². The quantitative estimate of drug-likeness (QED) is 0.788. The van der Waals surface area contributed by atoms with E-state index in [-0.39, 0.29) is 0 Å². The van der Waals surface area contributed by atoms with E-state index in [1.165, 1.54) is 7.11 Å². The van der Waals surface area contributed by atoms with Gasteiger partial charge in [0.05, 0.1) is 30.2 Å². The van der Waals surface area contributed by atoms with Crippen molar-refractivity contribution in [1.29, 1.82) is 5.26 Å². The van der Waals surface area contributed by atoms with Crippen LogP contribution in [0.4, 0.5) is 0 Å². The topological polar surface area (TPSA) is 75.0 Å². The number of carbonyl (C=O) groups is 1. The highest BCUT2D eigenvalue weighted by molar-refractivity contribution is 5.91. The maximum Gasteiger partial charge on any atom is 0.336 e. The third-order valence-corrected chi connectivity index (χ3v) is 2.69. The zero-order chi connectivity index (χ0) is 13.0. The highest BCUT2D eigenvalue weighted by Crippen LogP contribution is 2.33. The van der Waals surface area contributed by atoms with Crippen LogP contribution in [0, 0.1) is 11.3 Å². The molecule has 1 aliphatic rings. The summed E-state index contributed by atoms with van der Waals surface area (Å²) in [5.41, 5.74) is 1.70. The minimum absolute atomic E-state index is 0.405. The molecule has 1 aromatic rings. The Bertz CT molecular complexity index is 555. The summed E-state index contributed by atoms with van der Waals surface area (Å²) in [6, 6.07) is 5.64. The molecule has 0 fully saturated rings. The minimum Gasteiger partial charge on any atom is -0.466 e. The summed E-state index contributed by atoms with van der Waals surface area (Å²) >= 11 is 0. The van der Waals surface area contributed by atoms with Crippen LogP contribution in [0.3, 0.4) is 0 Å². The van der Waals surface area contributed by atoms with Crippen LogP contribution < -0.4 is 5.32 Å². The number of nitrogens with zero attached hydrogens (tertiary/aromatic N) is 2. The Hall–Kier alpha value is -2.61. The molecule has 0 aliphatic carbocycles. The van der Waals surface area contributed by atoms with Crippen molar-refractivity contribution >= 4 is 5.97 Å². The molecule has 1 aliphatic heterocycles. The van der Waals surface area contributed by atoms with Crippen molar-refractivity contribution in [3.8, 4) is 6.07 Å². The van der Waals surface area contributed by atoms with Gasteiger partial charge in [-0.3, -0.25) is 4.98 Å².